The second kappa shape index (κ2) is 5.20. The summed E-state index contributed by atoms with van der Waals surface area (Å²) < 4.78 is 0. The van der Waals surface area contributed by atoms with E-state index in [-0.39, 0.29) is 11.7 Å². The maximum Gasteiger partial charge on any atom is 0.244 e. The first-order valence-electron chi connectivity index (χ1n) is 7.62. The van der Waals surface area contributed by atoms with E-state index >= 15 is 0 Å². The van der Waals surface area contributed by atoms with Crippen molar-refractivity contribution in [2.24, 2.45) is 5.92 Å². The third-order valence-corrected chi connectivity index (χ3v) is 4.86. The topological polar surface area (TPSA) is 32.3 Å². The van der Waals surface area contributed by atoms with Gasteiger partial charge in [0.2, 0.25) is 5.91 Å². The minimum atomic E-state index is -0.328. The van der Waals surface area contributed by atoms with Crippen LogP contribution in [0.15, 0.2) is 0 Å². The average molecular weight is 252 g/mol. The molecule has 18 heavy (non-hydrogen) atoms. The van der Waals surface area contributed by atoms with Gasteiger partial charge in [0, 0.05) is 6.04 Å². The highest BCUT2D eigenvalue weighted by Crippen LogP contribution is 2.35. The maximum atomic E-state index is 12.7. The molecule has 3 heteroatoms. The van der Waals surface area contributed by atoms with Crippen molar-refractivity contribution in [1.29, 1.82) is 0 Å². The van der Waals surface area contributed by atoms with Crippen LogP contribution in [0.1, 0.15) is 66.2 Å². The summed E-state index contributed by atoms with van der Waals surface area (Å²) in [4.78, 5) is 14.9. The molecule has 4 unspecified atom stereocenters. The number of carbonyl (C=O) groups is 1. The first-order chi connectivity index (χ1) is 8.51. The van der Waals surface area contributed by atoms with Gasteiger partial charge in [0.15, 0.2) is 0 Å². The molecule has 0 spiro atoms. The van der Waals surface area contributed by atoms with Crippen molar-refractivity contribution in [2.45, 2.75) is 84.0 Å². The van der Waals surface area contributed by atoms with Crippen LogP contribution in [0.3, 0.4) is 0 Å². The largest absolute Gasteiger partial charge is 0.323 e. The van der Waals surface area contributed by atoms with Crippen LogP contribution in [0.25, 0.3) is 0 Å². The van der Waals surface area contributed by atoms with Crippen LogP contribution in [-0.2, 0) is 4.79 Å². The molecule has 1 saturated heterocycles. The van der Waals surface area contributed by atoms with Crippen molar-refractivity contribution in [1.82, 2.24) is 10.2 Å². The highest BCUT2D eigenvalue weighted by molar-refractivity contribution is 5.88. The van der Waals surface area contributed by atoms with Crippen LogP contribution in [0, 0.1) is 5.92 Å². The lowest BCUT2D eigenvalue weighted by atomic mass is 9.99. The van der Waals surface area contributed by atoms with Gasteiger partial charge in [-0.2, -0.15) is 0 Å². The van der Waals surface area contributed by atoms with E-state index in [9.17, 15) is 4.79 Å². The number of hydrogen-bond acceptors (Lipinski definition) is 2. The third-order valence-electron chi connectivity index (χ3n) is 4.86. The van der Waals surface area contributed by atoms with Crippen LogP contribution in [-0.4, -0.2) is 28.6 Å². The Labute approximate surface area is 111 Å². The average Bonchev–Trinajstić information content (AvgIpc) is 2.84. The Morgan fingerprint density at radius 3 is 2.61 bits per heavy atom. The molecule has 1 amide bonds. The van der Waals surface area contributed by atoms with E-state index in [0.717, 1.165) is 25.2 Å². The summed E-state index contributed by atoms with van der Waals surface area (Å²) in [6.07, 6.45) is 7.00. The minimum Gasteiger partial charge on any atom is -0.323 e. The summed E-state index contributed by atoms with van der Waals surface area (Å²) in [6, 6.07) is 0.477. The lowest BCUT2D eigenvalue weighted by molar-refractivity contribution is -0.135. The molecule has 1 saturated carbocycles. The van der Waals surface area contributed by atoms with Gasteiger partial charge in [-0.05, 0) is 44.9 Å². The van der Waals surface area contributed by atoms with Crippen LogP contribution in [0.5, 0.6) is 0 Å². The Bertz CT molecular complexity index is 318. The second-order valence-electron chi connectivity index (χ2n) is 6.42. The molecule has 2 rings (SSSR count). The zero-order chi connectivity index (χ0) is 13.3. The predicted octanol–water partition coefficient (Wildman–Crippen LogP) is 2.90. The Morgan fingerprint density at radius 1 is 1.39 bits per heavy atom. The van der Waals surface area contributed by atoms with E-state index in [0.29, 0.717) is 11.9 Å². The third kappa shape index (κ3) is 2.29. The number of rotatable bonds is 4. The SMILES string of the molecule is CCCC1NC(C)(CC)C(=O)N1C1CCC(C)C1. The predicted molar refractivity (Wildman–Crippen MR) is 74.2 cm³/mol. The highest BCUT2D eigenvalue weighted by Gasteiger charge is 2.49. The Kier molecular flexibility index (Phi) is 4.00. The van der Waals surface area contributed by atoms with Crippen molar-refractivity contribution in [3.05, 3.63) is 0 Å². The normalized spacial score (nSPS) is 40.8. The van der Waals surface area contributed by atoms with Crippen molar-refractivity contribution in [3.63, 3.8) is 0 Å². The van der Waals surface area contributed by atoms with Gasteiger partial charge >= 0.3 is 0 Å². The fourth-order valence-corrected chi connectivity index (χ4v) is 3.51. The molecule has 2 aliphatic rings. The van der Waals surface area contributed by atoms with Crippen LogP contribution in [0.4, 0.5) is 0 Å². The molecule has 0 bridgehead atoms. The molecule has 1 aliphatic carbocycles. The van der Waals surface area contributed by atoms with Crippen molar-refractivity contribution < 1.29 is 4.79 Å². The van der Waals surface area contributed by atoms with E-state index in [1.807, 2.05) is 0 Å². The number of nitrogens with zero attached hydrogens (tertiary/aromatic N) is 1. The molecular weight excluding hydrogens is 224 g/mol. The van der Waals surface area contributed by atoms with E-state index in [4.69, 9.17) is 0 Å². The van der Waals surface area contributed by atoms with Gasteiger partial charge in [0.1, 0.15) is 0 Å². The molecule has 0 aromatic rings. The van der Waals surface area contributed by atoms with Gasteiger partial charge in [-0.3, -0.25) is 10.1 Å². The molecule has 104 valence electrons. The molecule has 1 N–H and O–H groups in total. The van der Waals surface area contributed by atoms with Gasteiger partial charge in [-0.15, -0.1) is 0 Å². The van der Waals surface area contributed by atoms with E-state index < -0.39 is 0 Å². The maximum absolute atomic E-state index is 12.7. The number of amides is 1. The van der Waals surface area contributed by atoms with Gasteiger partial charge < -0.3 is 4.90 Å². The van der Waals surface area contributed by atoms with Crippen molar-refractivity contribution >= 4 is 5.91 Å². The smallest absolute Gasteiger partial charge is 0.244 e. The zero-order valence-electron chi connectivity index (χ0n) is 12.3. The van der Waals surface area contributed by atoms with Crippen LogP contribution < -0.4 is 5.32 Å². The van der Waals surface area contributed by atoms with Crippen molar-refractivity contribution in [2.75, 3.05) is 0 Å². The van der Waals surface area contributed by atoms with E-state index in [1.165, 1.54) is 19.3 Å². The number of nitrogens with one attached hydrogen (secondary N) is 1. The quantitative estimate of drug-likeness (QED) is 0.834. The molecule has 1 heterocycles. The van der Waals surface area contributed by atoms with Crippen molar-refractivity contribution in [3.8, 4) is 0 Å². The standard InChI is InChI=1S/C15H28N2O/c1-5-7-13-16-15(4,6-2)14(18)17(13)12-9-8-11(3)10-12/h11-13,16H,5-10H2,1-4H3. The Hall–Kier alpha value is -0.570. The van der Waals surface area contributed by atoms with E-state index in [1.54, 1.807) is 0 Å². The summed E-state index contributed by atoms with van der Waals surface area (Å²) in [5, 5.41) is 3.59. The van der Waals surface area contributed by atoms with Gasteiger partial charge in [0.05, 0.1) is 11.7 Å². The lowest BCUT2D eigenvalue weighted by Crippen LogP contribution is -2.44. The molecule has 0 aromatic heterocycles. The van der Waals surface area contributed by atoms with Gasteiger partial charge in [-0.1, -0.05) is 27.2 Å². The first-order valence-corrected chi connectivity index (χ1v) is 7.62. The lowest BCUT2D eigenvalue weighted by Gasteiger charge is -2.30. The monoisotopic (exact) mass is 252 g/mol. The van der Waals surface area contributed by atoms with E-state index in [2.05, 4.69) is 37.9 Å². The second-order valence-corrected chi connectivity index (χ2v) is 6.42. The fraction of sp³-hybridized carbons (Fsp3) is 0.933. The van der Waals surface area contributed by atoms with Gasteiger partial charge in [-0.25, -0.2) is 0 Å². The Balaban J connectivity index is 2.16. The fourth-order valence-electron chi connectivity index (χ4n) is 3.51. The van der Waals surface area contributed by atoms with Crippen LogP contribution in [0.2, 0.25) is 0 Å². The summed E-state index contributed by atoms with van der Waals surface area (Å²) >= 11 is 0. The first kappa shape index (κ1) is 13.9. The molecule has 4 atom stereocenters. The highest BCUT2D eigenvalue weighted by atomic mass is 16.2. The number of carbonyl (C=O) groups excluding carboxylic acids is 1. The molecule has 2 fully saturated rings. The Morgan fingerprint density at radius 2 is 2.11 bits per heavy atom. The summed E-state index contributed by atoms with van der Waals surface area (Å²) in [7, 11) is 0. The summed E-state index contributed by atoms with van der Waals surface area (Å²) in [5.74, 6) is 1.11. The minimum absolute atomic E-state index is 0.266. The number of hydrogen-bond donors (Lipinski definition) is 1. The van der Waals surface area contributed by atoms with Gasteiger partial charge in [0.25, 0.3) is 0 Å². The molecule has 0 aromatic carbocycles. The summed E-state index contributed by atoms with van der Waals surface area (Å²) in [5.41, 5.74) is -0.328. The summed E-state index contributed by atoms with van der Waals surface area (Å²) in [6.45, 7) is 8.68. The molecular formula is C15H28N2O. The van der Waals surface area contributed by atoms with Crippen LogP contribution >= 0.6 is 0 Å². The molecule has 3 nitrogen and oxygen atoms in total. The zero-order valence-corrected chi connectivity index (χ0v) is 12.3. The molecule has 1 aliphatic heterocycles. The molecule has 0 radical (unpaired) electrons.